The molecule has 1 saturated carbocycles. The first-order valence-corrected chi connectivity index (χ1v) is 24.5. The van der Waals surface area contributed by atoms with Crippen LogP contribution in [0.2, 0.25) is 0 Å². The molecule has 2 aliphatic carbocycles. The molecule has 0 spiro atoms. The van der Waals surface area contributed by atoms with Crippen molar-refractivity contribution in [3.63, 3.8) is 0 Å². The van der Waals surface area contributed by atoms with Crippen molar-refractivity contribution in [1.29, 1.82) is 5.26 Å². The maximum atomic E-state index is 15.6. The molecule has 6 unspecified atom stereocenters. The first-order chi connectivity index (χ1) is 34.0. The van der Waals surface area contributed by atoms with Crippen LogP contribution in [0.15, 0.2) is 145 Å². The number of fused-ring (bicyclic) bond motifs is 3. The smallest absolute Gasteiger partial charge is 0.412 e. The fraction of sp³-hybridized carbons (Fsp3) is 0.379. The largest absolute Gasteiger partial charge is 0.459 e. The average Bonchev–Trinajstić information content (AvgIpc) is 3.37. The molecule has 0 aromatic heterocycles. The zero-order chi connectivity index (χ0) is 49.3. The number of nitriles is 1. The predicted octanol–water partition coefficient (Wildman–Crippen LogP) is 10.8. The van der Waals surface area contributed by atoms with Gasteiger partial charge in [-0.1, -0.05) is 103 Å². The lowest BCUT2D eigenvalue weighted by Gasteiger charge is -2.60. The van der Waals surface area contributed by atoms with E-state index in [2.05, 4.69) is 42.2 Å². The third kappa shape index (κ3) is 11.0. The second-order valence-corrected chi connectivity index (χ2v) is 19.5. The number of nitrogens with zero attached hydrogens (tertiary/aromatic N) is 3. The average molecular weight is 945 g/mol. The molecule has 1 aliphatic heterocycles. The first-order valence-electron chi connectivity index (χ1n) is 24.5. The minimum absolute atomic E-state index is 0.00764. The number of carbonyl (C=O) groups excluding carboxylic acids is 2. The number of hydrogen-bond donors (Lipinski definition) is 3. The van der Waals surface area contributed by atoms with E-state index < -0.39 is 29.4 Å². The lowest BCUT2D eigenvalue weighted by atomic mass is 9.55. The maximum Gasteiger partial charge on any atom is 0.412 e. The molecule has 364 valence electrons. The second-order valence-electron chi connectivity index (χ2n) is 19.5. The Hall–Kier alpha value is -6.78. The van der Waals surface area contributed by atoms with Crippen molar-refractivity contribution >= 4 is 28.5 Å². The van der Waals surface area contributed by atoms with Gasteiger partial charge in [0.2, 0.25) is 5.79 Å². The van der Waals surface area contributed by atoms with Gasteiger partial charge in [0.15, 0.2) is 0 Å². The van der Waals surface area contributed by atoms with Gasteiger partial charge >= 0.3 is 6.09 Å². The summed E-state index contributed by atoms with van der Waals surface area (Å²) in [6, 6.07) is 37.3. The van der Waals surface area contributed by atoms with E-state index in [0.29, 0.717) is 41.2 Å². The normalized spacial score (nSPS) is 21.9. The molecule has 5 aromatic carbocycles. The van der Waals surface area contributed by atoms with Gasteiger partial charge in [0, 0.05) is 49.8 Å². The Morgan fingerprint density at radius 2 is 1.66 bits per heavy atom. The number of amides is 2. The summed E-state index contributed by atoms with van der Waals surface area (Å²) in [6.45, 7) is 10.6. The number of rotatable bonds is 19. The number of benzene rings is 5. The topological polar surface area (TPSA) is 163 Å². The van der Waals surface area contributed by atoms with Crippen molar-refractivity contribution in [2.75, 3.05) is 19.8 Å². The van der Waals surface area contributed by atoms with Crippen molar-refractivity contribution < 1.29 is 38.9 Å². The number of oxime groups is 1. The Balaban J connectivity index is 1.35. The number of allylic oxidation sites excluding steroid dienone is 1. The third-order valence-corrected chi connectivity index (χ3v) is 13.7. The Bertz CT molecular complexity index is 2740. The van der Waals surface area contributed by atoms with E-state index in [-0.39, 0.29) is 63.0 Å². The number of ether oxygens (including phenoxy) is 3. The quantitative estimate of drug-likeness (QED) is 0.0415. The number of carbonyl (C=O) groups is 2. The molecule has 1 fully saturated rings. The molecule has 3 N–H and O–H groups in total. The molecule has 5 aromatic rings. The van der Waals surface area contributed by atoms with Crippen LogP contribution in [0.4, 0.5) is 4.79 Å². The molecule has 12 heteroatoms. The van der Waals surface area contributed by atoms with Gasteiger partial charge < -0.3 is 39.5 Å². The highest BCUT2D eigenvalue weighted by Crippen LogP contribution is 2.62. The Kier molecular flexibility index (Phi) is 15.8. The van der Waals surface area contributed by atoms with E-state index in [0.717, 1.165) is 58.7 Å². The molecule has 0 saturated heterocycles. The lowest BCUT2D eigenvalue weighted by Crippen LogP contribution is -2.70. The molecular formula is C58H64N4O8. The zero-order valence-electron chi connectivity index (χ0n) is 40.4. The van der Waals surface area contributed by atoms with E-state index in [1.807, 2.05) is 92.4 Å². The van der Waals surface area contributed by atoms with E-state index in [9.17, 15) is 20.3 Å². The van der Waals surface area contributed by atoms with Crippen LogP contribution < -0.4 is 14.8 Å². The van der Waals surface area contributed by atoms with Gasteiger partial charge in [-0.25, -0.2) is 4.79 Å². The Labute approximate surface area is 411 Å². The van der Waals surface area contributed by atoms with Crippen LogP contribution >= 0.6 is 0 Å². The minimum Gasteiger partial charge on any atom is -0.459 e. The van der Waals surface area contributed by atoms with E-state index in [4.69, 9.17) is 24.2 Å². The van der Waals surface area contributed by atoms with Crippen LogP contribution in [-0.2, 0) is 22.7 Å². The summed E-state index contributed by atoms with van der Waals surface area (Å²) in [6.07, 6.45) is 7.83. The van der Waals surface area contributed by atoms with Crippen LogP contribution in [0.25, 0.3) is 10.8 Å². The van der Waals surface area contributed by atoms with E-state index in [1.165, 1.54) is 0 Å². The number of nitrogens with one attached hydrogen (secondary N) is 1. The monoisotopic (exact) mass is 944 g/mol. The maximum absolute atomic E-state index is 15.6. The van der Waals surface area contributed by atoms with Crippen molar-refractivity contribution in [2.45, 2.75) is 102 Å². The number of unbranched alkanes of at least 4 members (excludes halogenated alkanes) is 2. The number of aliphatic hydroxyl groups is 2. The van der Waals surface area contributed by atoms with E-state index >= 15 is 4.79 Å². The molecule has 12 nitrogen and oxygen atoms in total. The highest BCUT2D eigenvalue weighted by molar-refractivity contribution is 6.03. The summed E-state index contributed by atoms with van der Waals surface area (Å²) >= 11 is 0. The summed E-state index contributed by atoms with van der Waals surface area (Å²) in [7, 11) is 0. The zero-order valence-corrected chi connectivity index (χ0v) is 40.4. The van der Waals surface area contributed by atoms with Crippen molar-refractivity contribution in [1.82, 2.24) is 10.2 Å². The molecule has 70 heavy (non-hydrogen) atoms. The molecule has 0 bridgehead atoms. The molecule has 1 heterocycles. The molecule has 0 radical (unpaired) electrons. The van der Waals surface area contributed by atoms with Crippen LogP contribution in [0, 0.1) is 29.1 Å². The van der Waals surface area contributed by atoms with Gasteiger partial charge in [-0.05, 0) is 128 Å². The van der Waals surface area contributed by atoms with Crippen LogP contribution in [0.3, 0.4) is 0 Å². The highest BCUT2D eigenvalue weighted by Gasteiger charge is 2.65. The summed E-state index contributed by atoms with van der Waals surface area (Å²) in [5.74, 6) is -1.99. The second kappa shape index (κ2) is 22.3. The fourth-order valence-corrected chi connectivity index (χ4v) is 10.6. The van der Waals surface area contributed by atoms with Gasteiger partial charge in [0.1, 0.15) is 23.1 Å². The predicted molar refractivity (Wildman–Crippen MR) is 270 cm³/mol. The van der Waals surface area contributed by atoms with Crippen LogP contribution in [0.1, 0.15) is 104 Å². The fourth-order valence-electron chi connectivity index (χ4n) is 10.6. The standard InChI is InChI=1S/C58H64N4O8/c1-5-32-67-58-52(62(55(65)42-26-24-39(36-59)25-27-42)38-44-21-15-20-41-18-9-10-22-46(41)44)35-50(61-70-57(2,3)4)48-33-43(19-11-13-30-63)47(23-12-14-31-64)53(54(48)58)49-34-45(28-29-51(49)69-58)68-56(66)60-37-40-16-7-6-8-17-40/h5-10,15-18,20-22,24-29,33-34,43,47,52-54,63-64H,1,11-14,19,23,30-32,35,37-38H2,2-4H3,(H,60,66). The Morgan fingerprint density at radius 1 is 0.929 bits per heavy atom. The van der Waals surface area contributed by atoms with Crippen LogP contribution in [-0.4, -0.2) is 70.1 Å². The van der Waals surface area contributed by atoms with Crippen molar-refractivity contribution in [3.05, 3.63) is 167 Å². The van der Waals surface area contributed by atoms with Gasteiger partial charge in [-0.2, -0.15) is 5.26 Å². The van der Waals surface area contributed by atoms with Gasteiger partial charge in [-0.15, -0.1) is 6.58 Å². The highest BCUT2D eigenvalue weighted by atomic mass is 16.7. The summed E-state index contributed by atoms with van der Waals surface area (Å²) in [5.41, 5.74) is 4.36. The van der Waals surface area contributed by atoms with E-state index in [1.54, 1.807) is 36.4 Å². The molecule has 3 aliphatic rings. The van der Waals surface area contributed by atoms with Crippen molar-refractivity contribution in [3.8, 4) is 17.6 Å². The molecule has 6 atom stereocenters. The van der Waals surface area contributed by atoms with Gasteiger partial charge in [0.05, 0.1) is 29.9 Å². The molecule has 8 rings (SSSR count). The van der Waals surface area contributed by atoms with Gasteiger partial charge in [0.25, 0.3) is 5.91 Å². The SMILES string of the molecule is C=CCOC12Oc3ccc(OC(=O)NCc4ccccc4)cc3C3C(CCCCO)C(CCCCO)C=C(C(=NOC(C)(C)C)CC1N(Cc1cccc4ccccc14)C(=O)c1ccc(C#N)cc1)C32. The minimum atomic E-state index is -1.55. The summed E-state index contributed by atoms with van der Waals surface area (Å²) < 4.78 is 20.8. The Morgan fingerprint density at radius 3 is 2.39 bits per heavy atom. The first kappa shape index (κ1) is 49.6. The van der Waals surface area contributed by atoms with Gasteiger partial charge in [-0.3, -0.25) is 4.79 Å². The summed E-state index contributed by atoms with van der Waals surface area (Å²) in [5, 5.41) is 39.8. The number of hydrogen-bond acceptors (Lipinski definition) is 10. The summed E-state index contributed by atoms with van der Waals surface area (Å²) in [4.78, 5) is 37.3. The third-order valence-electron chi connectivity index (χ3n) is 13.7. The molecular weight excluding hydrogens is 881 g/mol. The lowest BCUT2D eigenvalue weighted by molar-refractivity contribution is -0.255. The number of aliphatic hydroxyl groups excluding tert-OH is 2. The molecule has 2 amide bonds. The van der Waals surface area contributed by atoms with Crippen LogP contribution in [0.5, 0.6) is 11.5 Å². The van der Waals surface area contributed by atoms with Crippen molar-refractivity contribution in [2.24, 2.45) is 22.9 Å².